The van der Waals surface area contributed by atoms with Gasteiger partial charge in [-0.25, -0.2) is 13.2 Å². The van der Waals surface area contributed by atoms with Gasteiger partial charge >= 0.3 is 0 Å². The maximum Gasteiger partial charge on any atom is 0.139 e. The molecule has 0 fully saturated rings. The quantitative estimate of drug-likeness (QED) is 0.514. The van der Waals surface area contributed by atoms with Crippen molar-refractivity contribution in [3.63, 3.8) is 0 Å². The Morgan fingerprint density at radius 3 is 1.29 bits per heavy atom. The minimum Gasteiger partial charge on any atom is -0.206 e. The molecule has 24 heavy (non-hydrogen) atoms. The number of benzene rings is 3. The fourth-order valence-corrected chi connectivity index (χ4v) is 2.85. The smallest absolute Gasteiger partial charge is 0.139 e. The van der Waals surface area contributed by atoms with Crippen molar-refractivity contribution in [1.29, 1.82) is 0 Å². The zero-order chi connectivity index (χ0) is 17.4. The van der Waals surface area contributed by atoms with Crippen molar-refractivity contribution in [3.8, 4) is 22.3 Å². The lowest BCUT2D eigenvalue weighted by atomic mass is 9.93. The zero-order valence-corrected chi connectivity index (χ0v) is 13.8. The first-order valence-electron chi connectivity index (χ1n) is 7.70. The molecule has 0 heterocycles. The lowest BCUT2D eigenvalue weighted by Gasteiger charge is -2.13. The Labute approximate surface area is 139 Å². The van der Waals surface area contributed by atoms with E-state index in [1.165, 1.54) is 12.1 Å². The highest BCUT2D eigenvalue weighted by Gasteiger charge is 2.18. The Morgan fingerprint density at radius 2 is 0.875 bits per heavy atom. The number of aryl methyl sites for hydroxylation is 3. The second-order valence-corrected chi connectivity index (χ2v) is 6.14. The average Bonchev–Trinajstić information content (AvgIpc) is 2.54. The maximum atomic E-state index is 15.1. The summed E-state index contributed by atoms with van der Waals surface area (Å²) < 4.78 is 43.5. The van der Waals surface area contributed by atoms with E-state index in [-0.39, 0.29) is 22.3 Å². The SMILES string of the molecule is Cc1ccc(F)c(-c2cc(C)cc(-c3cc(C)ccc3F)c2F)c1. The standard InChI is InChI=1S/C21H17F3/c1-12-4-6-19(22)15(8-12)17-10-14(3)11-18(21(17)24)16-9-13(2)5-7-20(16)23/h4-11H,1-3H3. The topological polar surface area (TPSA) is 0 Å². The van der Waals surface area contributed by atoms with Crippen LogP contribution in [0, 0.1) is 38.2 Å². The third-order valence-corrected chi connectivity index (χ3v) is 4.04. The molecule has 0 aliphatic heterocycles. The van der Waals surface area contributed by atoms with Gasteiger partial charge in [-0.15, -0.1) is 0 Å². The highest BCUT2D eigenvalue weighted by molar-refractivity contribution is 5.76. The molecule has 0 bridgehead atoms. The van der Waals surface area contributed by atoms with Crippen LogP contribution in [0.3, 0.4) is 0 Å². The fourth-order valence-electron chi connectivity index (χ4n) is 2.85. The van der Waals surface area contributed by atoms with Gasteiger partial charge in [0.25, 0.3) is 0 Å². The van der Waals surface area contributed by atoms with Gasteiger partial charge in [0.1, 0.15) is 17.5 Å². The molecular formula is C21H17F3. The lowest BCUT2D eigenvalue weighted by Crippen LogP contribution is -1.96. The first-order chi connectivity index (χ1) is 11.4. The second kappa shape index (κ2) is 6.16. The van der Waals surface area contributed by atoms with Crippen molar-refractivity contribution < 1.29 is 13.2 Å². The third-order valence-electron chi connectivity index (χ3n) is 4.04. The first-order valence-corrected chi connectivity index (χ1v) is 7.70. The first kappa shape index (κ1) is 16.3. The Kier molecular flexibility index (Phi) is 4.18. The van der Waals surface area contributed by atoms with E-state index < -0.39 is 17.5 Å². The highest BCUT2D eigenvalue weighted by Crippen LogP contribution is 2.35. The van der Waals surface area contributed by atoms with Gasteiger partial charge < -0.3 is 0 Å². The summed E-state index contributed by atoms with van der Waals surface area (Å²) in [6, 6.07) is 12.3. The van der Waals surface area contributed by atoms with Crippen LogP contribution in [0.15, 0.2) is 48.5 Å². The van der Waals surface area contributed by atoms with E-state index in [0.717, 1.165) is 16.7 Å². The third kappa shape index (κ3) is 2.94. The van der Waals surface area contributed by atoms with Gasteiger partial charge in [-0.2, -0.15) is 0 Å². The fraction of sp³-hybridized carbons (Fsp3) is 0.143. The number of hydrogen-bond donors (Lipinski definition) is 0. The summed E-state index contributed by atoms with van der Waals surface area (Å²) in [5, 5.41) is 0. The van der Waals surface area contributed by atoms with Crippen molar-refractivity contribution in [1.82, 2.24) is 0 Å². The molecule has 0 spiro atoms. The molecule has 0 aliphatic rings. The van der Waals surface area contributed by atoms with Crippen molar-refractivity contribution in [3.05, 3.63) is 82.7 Å². The van der Waals surface area contributed by atoms with Crippen LogP contribution in [0.1, 0.15) is 16.7 Å². The van der Waals surface area contributed by atoms with Gasteiger partial charge in [-0.05, 0) is 62.7 Å². The minimum absolute atomic E-state index is 0.145. The van der Waals surface area contributed by atoms with E-state index in [9.17, 15) is 8.78 Å². The zero-order valence-electron chi connectivity index (χ0n) is 13.8. The van der Waals surface area contributed by atoms with E-state index in [4.69, 9.17) is 0 Å². The molecule has 0 atom stereocenters. The summed E-state index contributed by atoms with van der Waals surface area (Å²) in [5.41, 5.74) is 3.06. The van der Waals surface area contributed by atoms with Crippen LogP contribution in [-0.2, 0) is 0 Å². The van der Waals surface area contributed by atoms with E-state index in [2.05, 4.69) is 0 Å². The van der Waals surface area contributed by atoms with Gasteiger partial charge in [0.15, 0.2) is 0 Å². The van der Waals surface area contributed by atoms with Gasteiger partial charge in [0.05, 0.1) is 0 Å². The van der Waals surface area contributed by atoms with Crippen LogP contribution in [0.4, 0.5) is 13.2 Å². The molecule has 0 aliphatic carbocycles. The van der Waals surface area contributed by atoms with E-state index in [0.29, 0.717) is 0 Å². The van der Waals surface area contributed by atoms with Crippen molar-refractivity contribution in [2.24, 2.45) is 0 Å². The molecule has 3 aromatic carbocycles. The molecule has 0 unspecified atom stereocenters. The minimum atomic E-state index is -0.616. The Hall–Kier alpha value is -2.55. The predicted octanol–water partition coefficient (Wildman–Crippen LogP) is 6.36. The lowest BCUT2D eigenvalue weighted by molar-refractivity contribution is 0.611. The molecule has 3 aromatic rings. The highest BCUT2D eigenvalue weighted by atomic mass is 19.1. The Bertz CT molecular complexity index is 854. The van der Waals surface area contributed by atoms with Gasteiger partial charge in [-0.3, -0.25) is 0 Å². The molecule has 122 valence electrons. The molecule has 0 nitrogen and oxygen atoms in total. The Morgan fingerprint density at radius 1 is 0.500 bits per heavy atom. The van der Waals surface area contributed by atoms with E-state index in [1.54, 1.807) is 43.3 Å². The van der Waals surface area contributed by atoms with E-state index in [1.807, 2.05) is 13.8 Å². The summed E-state index contributed by atoms with van der Waals surface area (Å²) in [6.07, 6.45) is 0. The van der Waals surface area contributed by atoms with Crippen LogP contribution in [0.5, 0.6) is 0 Å². The number of rotatable bonds is 2. The average molecular weight is 326 g/mol. The largest absolute Gasteiger partial charge is 0.206 e. The molecule has 0 amide bonds. The van der Waals surface area contributed by atoms with Crippen LogP contribution in [-0.4, -0.2) is 0 Å². The monoisotopic (exact) mass is 326 g/mol. The Balaban J connectivity index is 2.30. The molecule has 0 saturated heterocycles. The normalized spacial score (nSPS) is 10.9. The summed E-state index contributed by atoms with van der Waals surface area (Å²) >= 11 is 0. The molecule has 3 heteroatoms. The summed E-state index contributed by atoms with van der Waals surface area (Å²) in [6.45, 7) is 5.42. The molecule has 0 aromatic heterocycles. The summed E-state index contributed by atoms with van der Waals surface area (Å²) in [4.78, 5) is 0. The molecular weight excluding hydrogens is 309 g/mol. The van der Waals surface area contributed by atoms with Gasteiger partial charge in [-0.1, -0.05) is 23.3 Å². The van der Waals surface area contributed by atoms with Crippen molar-refractivity contribution in [2.75, 3.05) is 0 Å². The van der Waals surface area contributed by atoms with Crippen LogP contribution >= 0.6 is 0 Å². The van der Waals surface area contributed by atoms with Crippen LogP contribution in [0.25, 0.3) is 22.3 Å². The maximum absolute atomic E-state index is 15.1. The van der Waals surface area contributed by atoms with Crippen LogP contribution in [0.2, 0.25) is 0 Å². The van der Waals surface area contributed by atoms with Crippen LogP contribution < -0.4 is 0 Å². The predicted molar refractivity (Wildman–Crippen MR) is 91.4 cm³/mol. The van der Waals surface area contributed by atoms with Gasteiger partial charge in [0.2, 0.25) is 0 Å². The summed E-state index contributed by atoms with van der Waals surface area (Å²) in [5.74, 6) is -1.61. The molecule has 0 saturated carbocycles. The van der Waals surface area contributed by atoms with E-state index >= 15 is 4.39 Å². The van der Waals surface area contributed by atoms with Gasteiger partial charge in [0, 0.05) is 22.3 Å². The van der Waals surface area contributed by atoms with Crippen molar-refractivity contribution in [2.45, 2.75) is 20.8 Å². The molecule has 0 radical (unpaired) electrons. The second-order valence-electron chi connectivity index (χ2n) is 6.14. The summed E-state index contributed by atoms with van der Waals surface area (Å²) in [7, 11) is 0. The molecule has 3 rings (SSSR count). The number of halogens is 3. The number of hydrogen-bond acceptors (Lipinski definition) is 0. The molecule has 0 N–H and O–H groups in total. The van der Waals surface area contributed by atoms with Crippen molar-refractivity contribution >= 4 is 0 Å².